The summed E-state index contributed by atoms with van der Waals surface area (Å²) >= 11 is 2.24. The lowest BCUT2D eigenvalue weighted by atomic mass is 10.1. The molecule has 1 N–H and O–H groups in total. The highest BCUT2D eigenvalue weighted by Gasteiger charge is 2.14. The normalized spacial score (nSPS) is 10.9. The zero-order chi connectivity index (χ0) is 13.4. The third-order valence-corrected chi connectivity index (χ3v) is 3.79. The quantitative estimate of drug-likeness (QED) is 0.707. The number of aromatic amines is 1. The summed E-state index contributed by atoms with van der Waals surface area (Å²) in [5.74, 6) is 0.556. The smallest absolute Gasteiger partial charge is 0.208 e. The predicted octanol–water partition coefficient (Wildman–Crippen LogP) is 2.27. The Morgan fingerprint density at radius 1 is 1.16 bits per heavy atom. The van der Waals surface area contributed by atoms with Crippen molar-refractivity contribution in [3.63, 3.8) is 0 Å². The second-order valence-corrected chi connectivity index (χ2v) is 5.36. The van der Waals surface area contributed by atoms with Crippen molar-refractivity contribution in [2.75, 3.05) is 0 Å². The maximum atomic E-state index is 4.41. The minimum absolute atomic E-state index is 0.556. The second kappa shape index (κ2) is 4.72. The van der Waals surface area contributed by atoms with Crippen LogP contribution in [0, 0.1) is 17.5 Å². The summed E-state index contributed by atoms with van der Waals surface area (Å²) in [5, 5.41) is 18.4. The van der Waals surface area contributed by atoms with Crippen LogP contribution in [-0.2, 0) is 0 Å². The molecular weight excluding hydrogens is 355 g/mol. The number of rotatable bonds is 2. The number of halogens is 1. The first kappa shape index (κ1) is 12.3. The fourth-order valence-electron chi connectivity index (χ4n) is 2.01. The van der Waals surface area contributed by atoms with Gasteiger partial charge in [-0.15, -0.1) is 10.2 Å². The molecule has 0 aliphatic rings. The van der Waals surface area contributed by atoms with Crippen molar-refractivity contribution in [3.05, 3.63) is 39.2 Å². The molecular formula is C12H11IN6. The highest BCUT2D eigenvalue weighted by molar-refractivity contribution is 14.1. The van der Waals surface area contributed by atoms with Crippen molar-refractivity contribution in [3.8, 4) is 17.1 Å². The number of aryl methyl sites for hydroxylation is 2. The average molecular weight is 366 g/mol. The van der Waals surface area contributed by atoms with Crippen LogP contribution in [0.4, 0.5) is 0 Å². The van der Waals surface area contributed by atoms with Crippen LogP contribution < -0.4 is 0 Å². The van der Waals surface area contributed by atoms with Crippen LogP contribution in [0.25, 0.3) is 17.1 Å². The lowest BCUT2D eigenvalue weighted by Crippen LogP contribution is -2.00. The van der Waals surface area contributed by atoms with Gasteiger partial charge in [-0.2, -0.15) is 10.3 Å². The first-order valence-electron chi connectivity index (χ1n) is 5.71. The molecule has 0 saturated heterocycles. The van der Waals surface area contributed by atoms with Crippen LogP contribution in [0.15, 0.2) is 24.4 Å². The van der Waals surface area contributed by atoms with Gasteiger partial charge in [0.2, 0.25) is 5.82 Å². The van der Waals surface area contributed by atoms with Gasteiger partial charge in [-0.3, -0.25) is 0 Å². The molecule has 0 aliphatic heterocycles. The highest BCUT2D eigenvalue weighted by Crippen LogP contribution is 2.24. The van der Waals surface area contributed by atoms with E-state index < -0.39 is 0 Å². The summed E-state index contributed by atoms with van der Waals surface area (Å²) in [6, 6.07) is 6.34. The third kappa shape index (κ3) is 2.25. The van der Waals surface area contributed by atoms with Crippen LogP contribution >= 0.6 is 22.6 Å². The van der Waals surface area contributed by atoms with Crippen molar-refractivity contribution in [1.82, 2.24) is 30.4 Å². The molecule has 0 saturated carbocycles. The van der Waals surface area contributed by atoms with Crippen molar-refractivity contribution in [2.24, 2.45) is 0 Å². The molecule has 6 nitrogen and oxygen atoms in total. The number of tetrazole rings is 1. The van der Waals surface area contributed by atoms with E-state index in [0.29, 0.717) is 5.82 Å². The number of benzene rings is 1. The molecule has 19 heavy (non-hydrogen) atoms. The van der Waals surface area contributed by atoms with E-state index >= 15 is 0 Å². The summed E-state index contributed by atoms with van der Waals surface area (Å²) in [7, 11) is 0. The molecule has 1 aromatic carbocycles. The van der Waals surface area contributed by atoms with E-state index in [1.165, 1.54) is 11.1 Å². The fourth-order valence-corrected chi connectivity index (χ4v) is 2.80. The summed E-state index contributed by atoms with van der Waals surface area (Å²) in [5.41, 5.74) is 4.33. The minimum Gasteiger partial charge on any atom is -0.227 e. The van der Waals surface area contributed by atoms with Crippen molar-refractivity contribution >= 4 is 22.6 Å². The molecule has 0 atom stereocenters. The van der Waals surface area contributed by atoms with E-state index in [9.17, 15) is 0 Å². The van der Waals surface area contributed by atoms with Gasteiger partial charge in [0.15, 0.2) is 0 Å². The molecule has 0 unspecified atom stereocenters. The van der Waals surface area contributed by atoms with Gasteiger partial charge in [0.05, 0.1) is 17.4 Å². The summed E-state index contributed by atoms with van der Waals surface area (Å²) in [6.45, 7) is 4.15. The van der Waals surface area contributed by atoms with E-state index in [0.717, 1.165) is 15.0 Å². The van der Waals surface area contributed by atoms with Gasteiger partial charge in [-0.05, 0) is 64.9 Å². The molecule has 2 heterocycles. The third-order valence-electron chi connectivity index (χ3n) is 2.75. The van der Waals surface area contributed by atoms with Crippen LogP contribution in [0.1, 0.15) is 11.1 Å². The molecule has 3 aromatic rings. The van der Waals surface area contributed by atoms with Crippen molar-refractivity contribution < 1.29 is 0 Å². The van der Waals surface area contributed by atoms with E-state index in [4.69, 9.17) is 0 Å². The van der Waals surface area contributed by atoms with Gasteiger partial charge in [0, 0.05) is 0 Å². The largest absolute Gasteiger partial charge is 0.227 e. The number of hydrogen-bond donors (Lipinski definition) is 1. The molecule has 0 bridgehead atoms. The number of hydrogen-bond acceptors (Lipinski definition) is 4. The van der Waals surface area contributed by atoms with Crippen molar-refractivity contribution in [1.29, 1.82) is 0 Å². The van der Waals surface area contributed by atoms with Crippen LogP contribution in [0.2, 0.25) is 0 Å². The SMILES string of the molecule is Cc1cc(C)cc(-n2ncc(-c3nn[nH]n3)c2I)c1. The topological polar surface area (TPSA) is 72.3 Å². The number of aromatic nitrogens is 6. The zero-order valence-corrected chi connectivity index (χ0v) is 12.6. The Morgan fingerprint density at radius 2 is 1.89 bits per heavy atom. The second-order valence-electron chi connectivity index (χ2n) is 4.34. The molecule has 0 aliphatic carbocycles. The maximum Gasteiger partial charge on any atom is 0.208 e. The van der Waals surface area contributed by atoms with Crippen LogP contribution in [0.5, 0.6) is 0 Å². The first-order chi connectivity index (χ1) is 9.15. The Kier molecular flexibility index (Phi) is 3.05. The van der Waals surface area contributed by atoms with E-state index in [-0.39, 0.29) is 0 Å². The Hall–Kier alpha value is -1.77. The summed E-state index contributed by atoms with van der Waals surface area (Å²) < 4.78 is 2.84. The van der Waals surface area contributed by atoms with Crippen LogP contribution in [0.3, 0.4) is 0 Å². The van der Waals surface area contributed by atoms with Gasteiger partial charge in [-0.1, -0.05) is 6.07 Å². The average Bonchev–Trinajstić information content (AvgIpc) is 2.96. The van der Waals surface area contributed by atoms with E-state index in [1.54, 1.807) is 6.20 Å². The standard InChI is InChI=1S/C12H11IN6/c1-7-3-8(2)5-9(4-7)19-11(13)10(6-14-19)12-15-17-18-16-12/h3-6H,1-2H3,(H,15,16,17,18). The molecule has 0 amide bonds. The van der Waals surface area contributed by atoms with E-state index in [2.05, 4.69) is 80.4 Å². The molecule has 0 fully saturated rings. The Balaban J connectivity index is 2.12. The Labute approximate surface area is 123 Å². The van der Waals surface area contributed by atoms with Gasteiger partial charge in [-0.25, -0.2) is 4.68 Å². The molecule has 96 valence electrons. The monoisotopic (exact) mass is 366 g/mol. The molecule has 2 aromatic heterocycles. The highest BCUT2D eigenvalue weighted by atomic mass is 127. The lowest BCUT2D eigenvalue weighted by Gasteiger charge is -2.06. The zero-order valence-electron chi connectivity index (χ0n) is 10.4. The molecule has 7 heteroatoms. The van der Waals surface area contributed by atoms with Crippen LogP contribution in [-0.4, -0.2) is 30.4 Å². The molecule has 3 rings (SSSR count). The Bertz CT molecular complexity index is 696. The maximum absolute atomic E-state index is 4.41. The number of nitrogens with one attached hydrogen (secondary N) is 1. The number of nitrogens with zero attached hydrogens (tertiary/aromatic N) is 5. The van der Waals surface area contributed by atoms with Gasteiger partial charge < -0.3 is 0 Å². The minimum atomic E-state index is 0.556. The Morgan fingerprint density at radius 3 is 2.53 bits per heavy atom. The predicted molar refractivity (Wildman–Crippen MR) is 78.9 cm³/mol. The summed E-state index contributed by atoms with van der Waals surface area (Å²) in [4.78, 5) is 0. The first-order valence-corrected chi connectivity index (χ1v) is 6.79. The summed E-state index contributed by atoms with van der Waals surface area (Å²) in [6.07, 6.45) is 1.75. The molecule has 0 spiro atoms. The van der Waals surface area contributed by atoms with Crippen molar-refractivity contribution in [2.45, 2.75) is 13.8 Å². The molecule has 0 radical (unpaired) electrons. The van der Waals surface area contributed by atoms with Gasteiger partial charge in [0.25, 0.3) is 0 Å². The lowest BCUT2D eigenvalue weighted by molar-refractivity contribution is 0.856. The fraction of sp³-hybridized carbons (Fsp3) is 0.167. The number of H-pyrrole nitrogens is 1. The van der Waals surface area contributed by atoms with E-state index in [1.807, 2.05) is 4.68 Å². The van der Waals surface area contributed by atoms with Gasteiger partial charge in [0.1, 0.15) is 3.70 Å². The van der Waals surface area contributed by atoms with Gasteiger partial charge >= 0.3 is 0 Å².